The predicted octanol–water partition coefficient (Wildman–Crippen LogP) is 17.3. The smallest absolute Gasteiger partial charge is 0.315 e. The molecule has 0 aromatic heterocycles. The molecule has 0 saturated carbocycles. The number of rotatable bonds is 25. The number of carbonyl (C=O) groups excluding carboxylic acids is 1. The number of benzene rings is 11. The maximum absolute atomic E-state index is 13.7. The van der Waals surface area contributed by atoms with Crippen LogP contribution in [0.1, 0.15) is 146 Å². The molecular weight excluding hydrogens is 1910 g/mol. The molecule has 0 aliphatic carbocycles. The van der Waals surface area contributed by atoms with Crippen LogP contribution in [0.4, 0.5) is 11.4 Å². The Bertz CT molecular complexity index is 6570. The summed E-state index contributed by atoms with van der Waals surface area (Å²) in [6.07, 6.45) is 1.17. The number of carbonyl (C=O) groups is 1. The van der Waals surface area contributed by atoms with Crippen LogP contribution in [0.25, 0.3) is 0 Å². The highest BCUT2D eigenvalue weighted by molar-refractivity contribution is 5.79. The molecule has 11 aliphatic heterocycles. The Morgan fingerprint density at radius 3 is 1.43 bits per heavy atom. The molecular formula is C113H127N5O30. The molecule has 22 rings (SSSR count). The summed E-state index contributed by atoms with van der Waals surface area (Å²) >= 11 is 0. The third kappa shape index (κ3) is 20.4. The zero-order valence-electron chi connectivity index (χ0n) is 85.9. The van der Waals surface area contributed by atoms with E-state index >= 15 is 0 Å². The number of nitrogens with zero attached hydrogens (tertiary/aromatic N) is 2. The van der Waals surface area contributed by atoms with Crippen molar-refractivity contribution in [2.24, 2.45) is 23.7 Å². The van der Waals surface area contributed by atoms with Crippen LogP contribution in [0.2, 0.25) is 0 Å². The lowest BCUT2D eigenvalue weighted by molar-refractivity contribution is -0.174. The predicted molar refractivity (Wildman–Crippen MR) is 545 cm³/mol. The van der Waals surface area contributed by atoms with E-state index in [9.17, 15) is 25.2 Å². The molecule has 0 radical (unpaired) electrons. The van der Waals surface area contributed by atoms with E-state index in [1.807, 2.05) is 181 Å². The Kier molecular flexibility index (Phi) is 30.9. The number of hydrazine groups is 1. The number of nitrogens with one attached hydrogen (secondary N) is 3. The van der Waals surface area contributed by atoms with Gasteiger partial charge >= 0.3 is 5.97 Å². The number of likely N-dealkylation sites (tertiary alicyclic amines) is 1. The summed E-state index contributed by atoms with van der Waals surface area (Å²) in [6, 6.07) is 56.0. The molecule has 11 aromatic carbocycles. The number of hydrogen-bond donors (Lipinski definition) is 7. The number of aromatic hydroxyl groups is 1. The van der Waals surface area contributed by atoms with Gasteiger partial charge in [0.2, 0.25) is 57.5 Å². The highest BCUT2D eigenvalue weighted by Gasteiger charge is 2.58. The molecule has 0 amide bonds. The van der Waals surface area contributed by atoms with Crippen LogP contribution in [-0.2, 0) is 9.53 Å². The Hall–Kier alpha value is -15.0. The van der Waals surface area contributed by atoms with Crippen molar-refractivity contribution < 1.29 is 144 Å². The molecule has 1 saturated heterocycles. The van der Waals surface area contributed by atoms with Gasteiger partial charge in [0.1, 0.15) is 46.2 Å². The quantitative estimate of drug-likeness (QED) is 0.0159. The van der Waals surface area contributed by atoms with Crippen molar-refractivity contribution in [1.29, 1.82) is 0 Å². The topological polar surface area (TPSA) is 371 Å². The molecule has 14 atom stereocenters. The van der Waals surface area contributed by atoms with E-state index in [0.717, 1.165) is 98.7 Å². The lowest BCUT2D eigenvalue weighted by atomic mass is 9.71. The Labute approximate surface area is 859 Å². The van der Waals surface area contributed by atoms with E-state index in [-0.39, 0.29) is 113 Å². The van der Waals surface area contributed by atoms with E-state index in [1.54, 1.807) is 75.9 Å². The van der Waals surface area contributed by atoms with Gasteiger partial charge in [-0.3, -0.25) is 15.0 Å². The minimum Gasteiger partial charge on any atom is -0.504 e. The highest BCUT2D eigenvalue weighted by atomic mass is 16.7. The molecule has 35 nitrogen and oxygen atoms in total. The number of anilines is 2. The first-order valence-electron chi connectivity index (χ1n) is 49.1. The van der Waals surface area contributed by atoms with E-state index in [0.29, 0.717) is 151 Å². The van der Waals surface area contributed by atoms with Gasteiger partial charge in [-0.05, 0) is 141 Å². The summed E-state index contributed by atoms with van der Waals surface area (Å²) in [5, 5.41) is 44.5. The lowest BCUT2D eigenvalue weighted by Gasteiger charge is -2.49. The van der Waals surface area contributed by atoms with E-state index in [2.05, 4.69) is 63.7 Å². The molecule has 11 aromatic rings. The van der Waals surface area contributed by atoms with Crippen LogP contribution < -0.4 is 135 Å². The van der Waals surface area contributed by atoms with Crippen LogP contribution in [0, 0.1) is 23.7 Å². The molecule has 1 fully saturated rings. The van der Waals surface area contributed by atoms with Gasteiger partial charge in [-0.25, -0.2) is 0 Å². The van der Waals surface area contributed by atoms with Gasteiger partial charge < -0.3 is 149 Å². The van der Waals surface area contributed by atoms with Crippen molar-refractivity contribution in [2.45, 2.75) is 121 Å². The molecule has 0 spiro atoms. The molecule has 0 bridgehead atoms. The molecule has 35 heteroatoms. The second kappa shape index (κ2) is 44.3. The Morgan fingerprint density at radius 1 is 0.459 bits per heavy atom. The van der Waals surface area contributed by atoms with E-state index in [4.69, 9.17) is 118 Å². The Balaban J connectivity index is 0.000000122. The van der Waals surface area contributed by atoms with Crippen molar-refractivity contribution in [1.82, 2.24) is 15.6 Å². The number of phenols is 1. The minimum absolute atomic E-state index is 0.0213. The van der Waals surface area contributed by atoms with Crippen molar-refractivity contribution in [3.05, 3.63) is 244 Å². The standard InChI is InChI=1S/C26H31NO7.C25H26N2O6.C22H27NO7.C22H25NO4.C18H18O6/c1-5-31-25(28)24-23(17-9-8-16(29-3)12-19(17)30-4)18-13-21-22(33-15-32-21)14-20(18)34-26(24,2)27-10-6-7-11-27;1-28-22-9-15(10-23(29-2)25(22)30-3)17-12-24(27-26-16-7-5-4-6-8-16)33-19-13-21-20(11-18(17)19)31-14-32-21;1-12-20(13-7-18(25-2)21(27-4)19(8-13)26-3)14-9-16-17(29-11-28-16)10-15(14)30-22(12)23-5-6-24;1-13(2)21-20(14-6-8-15(9-7-14)23(4)5)16-10-18-19(26-12-25-18)11-17(16)27-22(21,3)24;1-9-16(10-4-3-5-12(21-2)17(10)19)11-6-14-15(23-8-22-14)7-13(11)24-18(9)20/h8-9,12-14,23-24H,5-7,10-11,15H2,1-4H3;4-11,13,17,24,26-27H,12,14H2,1-3H3;7-10,12,20,22-24H,5-6,11H2,1-4H3;6-11,20-21,24H,1,12H2,2-5H3;3-7,9,16,18-20H,8H2,1-2H3. The maximum Gasteiger partial charge on any atom is 0.315 e. The van der Waals surface area contributed by atoms with Crippen LogP contribution in [0.3, 0.4) is 0 Å². The summed E-state index contributed by atoms with van der Waals surface area (Å²) in [5.41, 5.74) is 17.8. The van der Waals surface area contributed by atoms with Crippen molar-refractivity contribution in [2.75, 3.05) is 155 Å². The van der Waals surface area contributed by atoms with Gasteiger partial charge in [0.25, 0.3) is 0 Å². The second-order valence-electron chi connectivity index (χ2n) is 37.6. The SMILES string of the molecule is C=C(C)C1C(c2ccc(N(C)C)cc2)c2cc3c(cc2OC1(C)O)OCO3.CCOC(=O)C1C(c2ccc(OC)cc2OC)c2cc3c(cc2OC1(C)N1CCCC1)OCO3.COc1cc(C2CC(NNc3ccccc3)Oc3cc4c(cc32)OCO4)cc(OC)c1OC.COc1cc(C2c3cc4c(cc3OC(NCCO)C2C)OCO4)cc(OC)c1OC.COc1cccc(C2c3cc4c(cc3OC(O)C2C)OCO4)c1O. The van der Waals surface area contributed by atoms with Crippen molar-refractivity contribution in [3.8, 4) is 144 Å². The summed E-state index contributed by atoms with van der Waals surface area (Å²) in [6.45, 7) is 18.9. The number of phenolic OH excluding ortho intramolecular Hbond substituents is 1. The van der Waals surface area contributed by atoms with Gasteiger partial charge in [-0.15, -0.1) is 0 Å². The highest BCUT2D eigenvalue weighted by Crippen LogP contribution is 2.61. The number of aliphatic hydroxyl groups is 3. The first-order chi connectivity index (χ1) is 71.7. The fourth-order valence-corrected chi connectivity index (χ4v) is 21.4. The molecule has 148 heavy (non-hydrogen) atoms. The summed E-state index contributed by atoms with van der Waals surface area (Å²) < 4.78 is 142. The zero-order valence-corrected chi connectivity index (χ0v) is 85.9. The van der Waals surface area contributed by atoms with E-state index < -0.39 is 29.6 Å². The molecule has 11 aliphatic rings. The number of ether oxygens (including phenoxy) is 25. The van der Waals surface area contributed by atoms with Crippen molar-refractivity contribution in [3.63, 3.8) is 0 Å². The first-order valence-corrected chi connectivity index (χ1v) is 49.1. The van der Waals surface area contributed by atoms with Crippen LogP contribution in [0.15, 0.2) is 188 Å². The monoisotopic (exact) mass is 2030 g/mol. The fraction of sp³-hybridized carbons (Fsp3) is 0.389. The van der Waals surface area contributed by atoms with Gasteiger partial charge in [-0.1, -0.05) is 74.5 Å². The van der Waals surface area contributed by atoms with Crippen LogP contribution in [0.5, 0.6) is 144 Å². The number of esters is 1. The maximum atomic E-state index is 13.7. The summed E-state index contributed by atoms with van der Waals surface area (Å²) in [4.78, 5) is 18.0. The third-order valence-electron chi connectivity index (χ3n) is 28.6. The number of fused-ring (bicyclic) bond motifs is 10. The lowest BCUT2D eigenvalue weighted by Crippen LogP contribution is -2.61. The largest absolute Gasteiger partial charge is 0.504 e. The first kappa shape index (κ1) is 103. The molecule has 14 unspecified atom stereocenters. The number of hydrogen-bond acceptors (Lipinski definition) is 35. The number of para-hydroxylation sites is 2. The van der Waals surface area contributed by atoms with Crippen LogP contribution in [-0.4, -0.2) is 206 Å². The van der Waals surface area contributed by atoms with E-state index in [1.165, 1.54) is 7.11 Å². The van der Waals surface area contributed by atoms with Crippen molar-refractivity contribution >= 4 is 17.3 Å². The normalized spacial score (nSPS) is 22.8. The average molecular weight is 2040 g/mol. The third-order valence-corrected chi connectivity index (χ3v) is 28.6. The zero-order chi connectivity index (χ0) is 104. The van der Waals surface area contributed by atoms with Gasteiger partial charge in [0.05, 0.1) is 83.1 Å². The Morgan fingerprint density at radius 2 is 0.932 bits per heavy atom. The van der Waals surface area contributed by atoms with Gasteiger partial charge in [0.15, 0.2) is 110 Å². The minimum atomic E-state index is -1.38. The van der Waals surface area contributed by atoms with Gasteiger partial charge in [-0.2, -0.15) is 5.43 Å². The summed E-state index contributed by atoms with van der Waals surface area (Å²) in [5.74, 6) is 11.4. The number of aliphatic hydroxyl groups excluding tert-OH is 2. The molecule has 7 N–H and O–H groups in total. The molecule has 11 heterocycles. The second-order valence-corrected chi connectivity index (χ2v) is 37.6. The average Bonchev–Trinajstić information content (AvgIpc) is 1.12. The molecule has 784 valence electrons. The summed E-state index contributed by atoms with van der Waals surface area (Å²) in [7, 11) is 18.4. The van der Waals surface area contributed by atoms with Gasteiger partial charge in [0, 0.05) is 175 Å². The van der Waals surface area contributed by atoms with Crippen LogP contribution >= 0.6 is 0 Å². The fourth-order valence-electron chi connectivity index (χ4n) is 21.4. The number of methoxy groups -OCH3 is 9.